The molecule has 0 aliphatic carbocycles. The number of unbranched alkanes of at least 4 members (excludes halogenated alkanes) is 2. The highest BCUT2D eigenvalue weighted by atomic mass is 16.6. The van der Waals surface area contributed by atoms with E-state index < -0.39 is 84.1 Å². The fraction of sp³-hybridized carbons (Fsp3) is 0.574. The molecular formula is C101H137N7O30. The number of Topliss-reactive ketones (excluding diaryl/α,β-unsaturated/α-hetero) is 5. The highest BCUT2D eigenvalue weighted by Gasteiger charge is 2.47. The predicted molar refractivity (Wildman–Crippen MR) is 503 cm³/mol. The number of aliphatic hydroxyl groups is 2. The lowest BCUT2D eigenvalue weighted by atomic mass is 9.88. The van der Waals surface area contributed by atoms with Crippen LogP contribution in [0.5, 0.6) is 17.2 Å². The molecule has 0 saturated carbocycles. The van der Waals surface area contributed by atoms with Crippen molar-refractivity contribution in [1.82, 2.24) is 25.3 Å². The Morgan fingerprint density at radius 3 is 1.30 bits per heavy atom. The van der Waals surface area contributed by atoms with E-state index in [4.69, 9.17) is 71.1 Å². The van der Waals surface area contributed by atoms with Crippen molar-refractivity contribution in [3.8, 4) is 17.2 Å². The molecule has 0 saturated heterocycles. The van der Waals surface area contributed by atoms with Gasteiger partial charge in [0, 0.05) is 120 Å². The van der Waals surface area contributed by atoms with Crippen LogP contribution in [0.4, 0.5) is 21.0 Å². The lowest BCUT2D eigenvalue weighted by Crippen LogP contribution is -2.50. The third kappa shape index (κ3) is 34.8. The zero-order valence-corrected chi connectivity index (χ0v) is 81.1. The first-order chi connectivity index (χ1) is 66.4. The van der Waals surface area contributed by atoms with Crippen LogP contribution < -0.4 is 34.6 Å². The molecule has 0 radical (unpaired) electrons. The molecule has 8 amide bonds. The second kappa shape index (κ2) is 58.1. The normalized spacial score (nSPS) is 16.8. The summed E-state index contributed by atoms with van der Waals surface area (Å²) in [6.45, 7) is 20.8. The smallest absolute Gasteiger partial charge is 0.416 e. The van der Waals surface area contributed by atoms with Crippen molar-refractivity contribution >= 4 is 87.9 Å². The summed E-state index contributed by atoms with van der Waals surface area (Å²) in [5.74, 6) is -4.32. The van der Waals surface area contributed by atoms with E-state index in [0.29, 0.717) is 178 Å². The molecule has 4 aromatic carbocycles. The summed E-state index contributed by atoms with van der Waals surface area (Å²) in [6, 6.07) is 17.1. The molecule has 5 heterocycles. The van der Waals surface area contributed by atoms with Crippen LogP contribution >= 0.6 is 0 Å². The lowest BCUT2D eigenvalue weighted by Gasteiger charge is -2.31. The number of aliphatic hydroxyl groups excluding tert-OH is 2. The molecule has 5 aliphatic heterocycles. The third-order valence-corrected chi connectivity index (χ3v) is 23.8. The number of fused-ring (bicyclic) bond motifs is 4. The summed E-state index contributed by atoms with van der Waals surface area (Å²) >= 11 is 0. The van der Waals surface area contributed by atoms with Crippen LogP contribution in [0.2, 0.25) is 0 Å². The second-order valence-electron chi connectivity index (χ2n) is 35.2. The second-order valence-corrected chi connectivity index (χ2v) is 35.2. The summed E-state index contributed by atoms with van der Waals surface area (Å²) < 4.78 is 84.9. The number of nitrogens with one attached hydrogen (secondary N) is 2. The van der Waals surface area contributed by atoms with E-state index in [1.165, 1.54) is 41.2 Å². The van der Waals surface area contributed by atoms with E-state index in [2.05, 4.69) is 10.6 Å². The van der Waals surface area contributed by atoms with Gasteiger partial charge in [0.25, 0.3) is 23.6 Å². The summed E-state index contributed by atoms with van der Waals surface area (Å²) in [7, 11) is 2.97. The van der Waals surface area contributed by atoms with Gasteiger partial charge in [-0.3, -0.25) is 57.6 Å². The van der Waals surface area contributed by atoms with Crippen LogP contribution in [0.1, 0.15) is 174 Å². The Hall–Kier alpha value is -11.1. The summed E-state index contributed by atoms with van der Waals surface area (Å²) in [5, 5.41) is 29.7. The Morgan fingerprint density at radius 2 is 0.841 bits per heavy atom. The largest absolute Gasteiger partial charge is 0.493 e. The Morgan fingerprint density at radius 1 is 0.428 bits per heavy atom. The quantitative estimate of drug-likeness (QED) is 0.0236. The average molecular weight is 1930 g/mol. The zero-order valence-electron chi connectivity index (χ0n) is 81.1. The van der Waals surface area contributed by atoms with Crippen LogP contribution in [0.25, 0.3) is 0 Å². The van der Waals surface area contributed by atoms with Gasteiger partial charge in [-0.25, -0.2) is 19.4 Å². The molecule has 0 bridgehead atoms. The van der Waals surface area contributed by atoms with Gasteiger partial charge < -0.3 is 102 Å². The maximum atomic E-state index is 14.5. The predicted octanol–water partition coefficient (Wildman–Crippen LogP) is 9.37. The number of rotatable bonds is 66. The van der Waals surface area contributed by atoms with Gasteiger partial charge in [0.1, 0.15) is 36.3 Å². The number of benzene rings is 4. The van der Waals surface area contributed by atoms with Gasteiger partial charge in [0.05, 0.1) is 186 Å². The molecule has 5 aliphatic rings. The molecule has 0 aromatic heterocycles. The van der Waals surface area contributed by atoms with Gasteiger partial charge in [-0.1, -0.05) is 87.4 Å². The maximum Gasteiger partial charge on any atom is 0.416 e. The lowest BCUT2D eigenvalue weighted by molar-refractivity contribution is -0.137. The van der Waals surface area contributed by atoms with Gasteiger partial charge in [0.15, 0.2) is 35.5 Å². The van der Waals surface area contributed by atoms with Crippen LogP contribution in [0, 0.1) is 30.6 Å². The van der Waals surface area contributed by atoms with Crippen LogP contribution in [-0.2, 0) is 126 Å². The van der Waals surface area contributed by atoms with Crippen molar-refractivity contribution in [2.45, 2.75) is 189 Å². The van der Waals surface area contributed by atoms with Gasteiger partial charge in [-0.2, -0.15) is 0 Å². The summed E-state index contributed by atoms with van der Waals surface area (Å²) in [5.41, 5.74) is 4.88. The van der Waals surface area contributed by atoms with E-state index in [1.54, 1.807) is 94.0 Å². The van der Waals surface area contributed by atoms with E-state index in [9.17, 15) is 72.5 Å². The van der Waals surface area contributed by atoms with Gasteiger partial charge in [0.2, 0.25) is 11.8 Å². The minimum absolute atomic E-state index is 0.000199. The number of anilines is 2. The molecule has 9 rings (SSSR count). The van der Waals surface area contributed by atoms with E-state index >= 15 is 0 Å². The average Bonchev–Trinajstić information content (AvgIpc) is 1.60. The van der Waals surface area contributed by atoms with Gasteiger partial charge >= 0.3 is 12.2 Å². The maximum absolute atomic E-state index is 14.5. The Labute approximate surface area is 806 Å². The van der Waals surface area contributed by atoms with Crippen molar-refractivity contribution in [3.63, 3.8) is 0 Å². The summed E-state index contributed by atoms with van der Waals surface area (Å²) in [6.07, 6.45) is 4.01. The van der Waals surface area contributed by atoms with Crippen molar-refractivity contribution < 1.29 is 144 Å². The van der Waals surface area contributed by atoms with E-state index in [-0.39, 0.29) is 191 Å². The number of methoxy groups -OCH3 is 2. The molecule has 7 atom stereocenters. The topological polar surface area (TPSA) is 441 Å². The van der Waals surface area contributed by atoms with E-state index in [1.807, 2.05) is 41.5 Å². The third-order valence-electron chi connectivity index (χ3n) is 23.8. The fourth-order valence-electron chi connectivity index (χ4n) is 15.9. The highest BCUT2D eigenvalue weighted by Crippen LogP contribution is 2.44. The number of amides is 8. The first-order valence-corrected chi connectivity index (χ1v) is 47.4. The number of aryl methyl sites for hydroxylation is 1. The number of nitrogens with zero attached hydrogens (tertiary/aromatic N) is 5. The summed E-state index contributed by atoms with van der Waals surface area (Å²) in [4.78, 5) is 178. The molecule has 0 unspecified atom stereocenters. The molecule has 0 fully saturated rings. The van der Waals surface area contributed by atoms with Gasteiger partial charge in [-0.05, 0) is 118 Å². The molecule has 0 spiro atoms. The van der Waals surface area contributed by atoms with Gasteiger partial charge in [-0.15, -0.1) is 0 Å². The number of carbonyl (C=O) groups is 13. The highest BCUT2D eigenvalue weighted by molar-refractivity contribution is 6.13. The molecule has 756 valence electrons. The number of imide groups is 1. The van der Waals surface area contributed by atoms with Crippen molar-refractivity contribution in [1.29, 1.82) is 0 Å². The first-order valence-electron chi connectivity index (χ1n) is 47.4. The molecule has 4 N–H and O–H groups in total. The SMILES string of the molecule is COCCOCCC(=O)C[C@@H](C(=O)NCC(=O)Cc1ccc(COC(=O)N2c3cc(OCCCCCOc4cc5c(cc4OC)C(=O)N4C=C(C)C[C@H]4[C@H](O)N5C(=O)OCc4ccc(CC(=O)[C@@H](C)NC(=O)[C@H](CC(=O)CCOCCOCCOCCOCCOCCOCCOCCOCCCC(=O)CCN5C(=O)C=CC5=O)C(C)C)cc4)c(C)cc3C(=O)N3C=C(C)C[C@H]3[C@@H]2O)cc1)C(C)C. The monoisotopic (exact) mass is 1930 g/mol. The van der Waals surface area contributed by atoms with Crippen LogP contribution in [0.15, 0.2) is 108 Å². The van der Waals surface area contributed by atoms with Crippen molar-refractivity contribution in [3.05, 3.63) is 147 Å². The number of carbonyl (C=O) groups excluding carboxylic acids is 13. The number of hydrogen-bond donors (Lipinski definition) is 4. The number of ether oxygens (including phenoxy) is 15. The van der Waals surface area contributed by atoms with Crippen LogP contribution in [-0.4, -0.2) is 298 Å². The number of hydrogen-bond acceptors (Lipinski definition) is 30. The molecule has 138 heavy (non-hydrogen) atoms. The Balaban J connectivity index is 0.647. The Bertz CT molecular complexity index is 4810. The minimum Gasteiger partial charge on any atom is -0.493 e. The molecule has 37 heteroatoms. The minimum atomic E-state index is -1.58. The standard InChI is InChI=1S/C101H137N7O30/c1-66(2)80(56-77(110)27-33-127-36-35-124-9)94(116)102-61-79(112)54-72-16-20-74(21-17-72)64-137-100(122)107-84-59-89(70(7)53-82(84)96(118)105-62-68(5)51-86(105)98(107)120)135-31-12-11-13-32-136-91-60-85-83(58-90(91)125-10)97(119)106-63-69(6)52-87(106)99(121)108(85)101(123)138-65-75-22-18-73(19-23-75)55-88(113)71(8)103-95(117)81(67(3)4)57-78(111)28-34-128-38-40-130-42-44-132-46-48-134-50-49-133-47-45-131-43-41-129-39-37-126-30-14-15-76(109)26-29-104-92(114)24-25-93(104)115/h16-25,53,58-60,62-63,66-67,71,80-81,86-87,98-99,120-121H,11-15,26-52,54-57,61,64-65H2,1-10H3,(H,102,116)(H,103,117)/t71-,80-,81-,86+,87+,98+,99+/m1/s1. The Kier molecular flexibility index (Phi) is 46.5. The zero-order chi connectivity index (χ0) is 99.6. The van der Waals surface area contributed by atoms with Crippen molar-refractivity contribution in [2.75, 3.05) is 176 Å². The van der Waals surface area contributed by atoms with E-state index in [0.717, 1.165) is 25.8 Å². The fourth-order valence-corrected chi connectivity index (χ4v) is 15.9. The molecule has 37 nitrogen and oxygen atoms in total. The van der Waals surface area contributed by atoms with Crippen molar-refractivity contribution in [2.24, 2.45) is 23.7 Å². The molecular weight excluding hydrogens is 1790 g/mol. The molecule has 4 aromatic rings. The first kappa shape index (κ1) is 111. The van der Waals surface area contributed by atoms with Crippen LogP contribution in [0.3, 0.4) is 0 Å². The number of ketones is 5.